The molecule has 1 N–H and O–H groups in total. The third-order valence-corrected chi connectivity index (χ3v) is 2.69. The second-order valence-corrected chi connectivity index (χ2v) is 4.60. The number of rotatable bonds is 6. The van der Waals surface area contributed by atoms with Crippen LogP contribution < -0.4 is 5.32 Å². The number of carbonyl (C=O) groups is 1. The Morgan fingerprint density at radius 1 is 1.42 bits per heavy atom. The highest BCUT2D eigenvalue weighted by Gasteiger charge is 2.34. The molecule has 1 atom stereocenters. The zero-order chi connectivity index (χ0) is 14.5. The molecule has 0 saturated carbocycles. The molecule has 0 aliphatic heterocycles. The average molecular weight is 269 g/mol. The number of nitrogens with one attached hydrogen (secondary N) is 1. The van der Waals surface area contributed by atoms with Crippen LogP contribution >= 0.6 is 0 Å². The van der Waals surface area contributed by atoms with Gasteiger partial charge in [0.25, 0.3) is 0 Å². The van der Waals surface area contributed by atoms with Crippen molar-refractivity contribution >= 4 is 11.7 Å². The van der Waals surface area contributed by atoms with E-state index in [0.717, 1.165) is 5.56 Å². The second-order valence-electron chi connectivity index (χ2n) is 4.60. The van der Waals surface area contributed by atoms with Crippen LogP contribution in [0.3, 0.4) is 0 Å². The van der Waals surface area contributed by atoms with E-state index in [9.17, 15) is 9.18 Å². The van der Waals surface area contributed by atoms with E-state index in [1.54, 1.807) is 19.9 Å². The van der Waals surface area contributed by atoms with Gasteiger partial charge in [0.15, 0.2) is 5.54 Å². The number of aryl methyl sites for hydroxylation is 1. The Morgan fingerprint density at radius 2 is 2.11 bits per heavy atom. The highest BCUT2D eigenvalue weighted by atomic mass is 19.1. The molecule has 1 rings (SSSR count). The lowest BCUT2D eigenvalue weighted by molar-refractivity contribution is -0.147. The smallest absolute Gasteiger partial charge is 0.333 e. The van der Waals surface area contributed by atoms with Gasteiger partial charge in [0, 0.05) is 12.3 Å². The first-order valence-corrected chi connectivity index (χ1v) is 6.13. The molecule has 106 valence electrons. The lowest BCUT2D eigenvalue weighted by atomic mass is 10.0. The number of halogens is 1. The van der Waals surface area contributed by atoms with Crippen molar-refractivity contribution in [1.82, 2.24) is 0 Å². The van der Waals surface area contributed by atoms with E-state index in [1.165, 1.54) is 19.2 Å². The Hall–Kier alpha value is -1.62. The normalized spacial score (nSPS) is 13.7. The quantitative estimate of drug-likeness (QED) is 0.806. The molecule has 0 aromatic heterocycles. The van der Waals surface area contributed by atoms with Gasteiger partial charge in [-0.25, -0.2) is 9.18 Å². The van der Waals surface area contributed by atoms with Crippen molar-refractivity contribution in [3.05, 3.63) is 29.6 Å². The fraction of sp³-hybridized carbons (Fsp3) is 0.500. The first-order valence-electron chi connectivity index (χ1n) is 6.13. The Kier molecular flexibility index (Phi) is 5.30. The summed E-state index contributed by atoms with van der Waals surface area (Å²) >= 11 is 0. The molecule has 0 fully saturated rings. The van der Waals surface area contributed by atoms with Crippen LogP contribution in [0.1, 0.15) is 19.4 Å². The van der Waals surface area contributed by atoms with Crippen molar-refractivity contribution in [2.75, 3.05) is 25.6 Å². The predicted molar refractivity (Wildman–Crippen MR) is 71.7 cm³/mol. The third-order valence-electron chi connectivity index (χ3n) is 2.69. The number of esters is 1. The van der Waals surface area contributed by atoms with Crippen molar-refractivity contribution in [2.45, 2.75) is 26.3 Å². The number of methoxy groups -OCH3 is 1. The first-order chi connectivity index (χ1) is 8.91. The number of carbonyl (C=O) groups excluding carboxylic acids is 1. The van der Waals surface area contributed by atoms with Crippen molar-refractivity contribution in [3.63, 3.8) is 0 Å². The highest BCUT2D eigenvalue weighted by Crippen LogP contribution is 2.20. The molecular formula is C14H20FNO3. The summed E-state index contributed by atoms with van der Waals surface area (Å²) in [6.07, 6.45) is 0. The number of benzene rings is 1. The molecule has 0 aliphatic rings. The van der Waals surface area contributed by atoms with Crippen molar-refractivity contribution in [3.8, 4) is 0 Å². The molecule has 19 heavy (non-hydrogen) atoms. The lowest BCUT2D eigenvalue weighted by Gasteiger charge is -2.28. The van der Waals surface area contributed by atoms with E-state index >= 15 is 0 Å². The van der Waals surface area contributed by atoms with Gasteiger partial charge >= 0.3 is 5.97 Å². The zero-order valence-electron chi connectivity index (χ0n) is 11.7. The van der Waals surface area contributed by atoms with Crippen LogP contribution in [0.2, 0.25) is 0 Å². The van der Waals surface area contributed by atoms with Gasteiger partial charge in [0.2, 0.25) is 0 Å². The van der Waals surface area contributed by atoms with Crippen LogP contribution in [-0.2, 0) is 14.3 Å². The number of hydrogen-bond acceptors (Lipinski definition) is 4. The van der Waals surface area contributed by atoms with E-state index in [4.69, 9.17) is 9.47 Å². The van der Waals surface area contributed by atoms with E-state index in [-0.39, 0.29) is 12.4 Å². The molecule has 0 radical (unpaired) electrons. The number of anilines is 1. The van der Waals surface area contributed by atoms with Crippen molar-refractivity contribution in [2.24, 2.45) is 0 Å². The highest BCUT2D eigenvalue weighted by molar-refractivity contribution is 5.84. The van der Waals surface area contributed by atoms with Gasteiger partial charge in [0.05, 0.1) is 13.7 Å². The summed E-state index contributed by atoms with van der Waals surface area (Å²) < 4.78 is 23.4. The molecule has 0 heterocycles. The molecule has 0 aliphatic carbocycles. The van der Waals surface area contributed by atoms with Gasteiger partial charge in [-0.3, -0.25) is 0 Å². The number of ether oxygens (including phenoxy) is 2. The second kappa shape index (κ2) is 6.52. The van der Waals surface area contributed by atoms with Gasteiger partial charge in [-0.2, -0.15) is 0 Å². The summed E-state index contributed by atoms with van der Waals surface area (Å²) in [5.41, 5.74) is 0.238. The Labute approximate surface area is 112 Å². The van der Waals surface area contributed by atoms with Gasteiger partial charge in [0.1, 0.15) is 5.82 Å². The third kappa shape index (κ3) is 4.21. The minimum atomic E-state index is -1.05. The lowest BCUT2D eigenvalue weighted by Crippen LogP contribution is -2.48. The van der Waals surface area contributed by atoms with Crippen LogP contribution in [0.15, 0.2) is 18.2 Å². The maximum atomic E-state index is 13.4. The molecule has 4 nitrogen and oxygen atoms in total. The van der Waals surface area contributed by atoms with Crippen LogP contribution in [0.25, 0.3) is 0 Å². The summed E-state index contributed by atoms with van der Waals surface area (Å²) in [5, 5.41) is 2.98. The molecule has 5 heteroatoms. The zero-order valence-corrected chi connectivity index (χ0v) is 11.7. The van der Waals surface area contributed by atoms with Gasteiger partial charge in [-0.1, -0.05) is 0 Å². The van der Waals surface area contributed by atoms with Crippen LogP contribution in [0.5, 0.6) is 0 Å². The number of hydrogen-bond donors (Lipinski definition) is 1. The predicted octanol–water partition coefficient (Wildman–Crippen LogP) is 2.51. The van der Waals surface area contributed by atoms with Gasteiger partial charge in [-0.15, -0.1) is 0 Å². The molecular weight excluding hydrogens is 249 g/mol. The summed E-state index contributed by atoms with van der Waals surface area (Å²) in [7, 11) is 1.31. The van der Waals surface area contributed by atoms with E-state index in [2.05, 4.69) is 5.32 Å². The van der Waals surface area contributed by atoms with E-state index in [0.29, 0.717) is 12.3 Å². The molecule has 0 spiro atoms. The molecule has 0 amide bonds. The van der Waals surface area contributed by atoms with Crippen LogP contribution in [-0.4, -0.2) is 31.8 Å². The average Bonchev–Trinajstić information content (AvgIpc) is 2.34. The van der Waals surface area contributed by atoms with Gasteiger partial charge < -0.3 is 14.8 Å². The summed E-state index contributed by atoms with van der Waals surface area (Å²) in [6.45, 7) is 5.91. The first kappa shape index (κ1) is 15.4. The largest absolute Gasteiger partial charge is 0.467 e. The Balaban J connectivity index is 2.96. The van der Waals surface area contributed by atoms with Crippen molar-refractivity contribution in [1.29, 1.82) is 0 Å². The molecule has 1 aromatic carbocycles. The SMILES string of the molecule is CCOCC(C)(Nc1cc(C)cc(F)c1)C(=O)OC. The molecule has 0 saturated heterocycles. The minimum absolute atomic E-state index is 0.145. The van der Waals surface area contributed by atoms with E-state index < -0.39 is 11.5 Å². The monoisotopic (exact) mass is 269 g/mol. The molecule has 1 aromatic rings. The Morgan fingerprint density at radius 3 is 2.63 bits per heavy atom. The summed E-state index contributed by atoms with van der Waals surface area (Å²) in [4.78, 5) is 11.9. The Bertz CT molecular complexity index is 430. The molecule has 0 bridgehead atoms. The minimum Gasteiger partial charge on any atom is -0.467 e. The van der Waals surface area contributed by atoms with Gasteiger partial charge in [-0.05, 0) is 44.5 Å². The molecule has 1 unspecified atom stereocenters. The van der Waals surface area contributed by atoms with E-state index in [1.807, 2.05) is 6.92 Å². The van der Waals surface area contributed by atoms with Crippen molar-refractivity contribution < 1.29 is 18.7 Å². The maximum absolute atomic E-state index is 13.4. The summed E-state index contributed by atoms with van der Waals surface area (Å²) in [6, 6.07) is 4.51. The maximum Gasteiger partial charge on any atom is 0.333 e. The fourth-order valence-corrected chi connectivity index (χ4v) is 1.80. The van der Waals surface area contributed by atoms with Crippen LogP contribution in [0, 0.1) is 12.7 Å². The fourth-order valence-electron chi connectivity index (χ4n) is 1.80. The van der Waals surface area contributed by atoms with Crippen LogP contribution in [0.4, 0.5) is 10.1 Å². The summed E-state index contributed by atoms with van der Waals surface area (Å²) in [5.74, 6) is -0.811. The standard InChI is InChI=1S/C14H20FNO3/c1-5-19-9-14(3,13(17)18-4)16-12-7-10(2)6-11(15)8-12/h6-8,16H,5,9H2,1-4H3. The topological polar surface area (TPSA) is 47.6 Å².